The molecule has 1 aliphatic carbocycles. The van der Waals surface area contributed by atoms with Gasteiger partial charge in [0.25, 0.3) is 0 Å². The fourth-order valence-electron chi connectivity index (χ4n) is 4.49. The van der Waals surface area contributed by atoms with E-state index in [2.05, 4.69) is 23.8 Å². The number of halogens is 3. The minimum absolute atomic E-state index is 0.0943. The van der Waals surface area contributed by atoms with Crippen LogP contribution in [0.15, 0.2) is 23.3 Å². The van der Waals surface area contributed by atoms with Crippen LogP contribution < -0.4 is 0 Å². The minimum atomic E-state index is -0.330. The summed E-state index contributed by atoms with van der Waals surface area (Å²) in [7, 11) is 0. The summed E-state index contributed by atoms with van der Waals surface area (Å²) in [6.45, 7) is 4.28. The van der Waals surface area contributed by atoms with Crippen LogP contribution in [-0.4, -0.2) is 15.7 Å². The highest BCUT2D eigenvalue weighted by Crippen LogP contribution is 2.52. The van der Waals surface area contributed by atoms with E-state index in [1.54, 1.807) is 0 Å². The molecule has 0 amide bonds. The van der Waals surface area contributed by atoms with E-state index >= 15 is 4.39 Å². The lowest BCUT2D eigenvalue weighted by atomic mass is 9.65. The molecule has 0 bridgehead atoms. The molecule has 2 aliphatic rings. The minimum Gasteiger partial charge on any atom is -0.253 e. The number of aliphatic imine (C=N–C) groups is 1. The lowest BCUT2D eigenvalue weighted by Crippen LogP contribution is -2.38. The fourth-order valence-corrected chi connectivity index (χ4v) is 4.82. The average molecular weight is 392 g/mol. The van der Waals surface area contributed by atoms with E-state index in [0.29, 0.717) is 22.0 Å². The Morgan fingerprint density at radius 2 is 1.85 bits per heavy atom. The Labute approximate surface area is 162 Å². The maximum Gasteiger partial charge on any atom is 0.222 e. The molecule has 0 N–H and O–H groups in total. The highest BCUT2D eigenvalue weighted by atomic mass is 35.5. The molecule has 4 rings (SSSR count). The highest BCUT2D eigenvalue weighted by molar-refractivity contribution is 6.33. The Bertz CT molecular complexity index is 902. The van der Waals surface area contributed by atoms with Crippen LogP contribution in [0.25, 0.3) is 11.3 Å². The Balaban J connectivity index is 1.92. The van der Waals surface area contributed by atoms with E-state index in [1.165, 1.54) is 18.7 Å². The average Bonchev–Trinajstić information content (AvgIpc) is 2.92. The molecule has 2 heterocycles. The molecular formula is C20H20Cl2FN3. The molecule has 136 valence electrons. The molecule has 2 aromatic rings. The highest BCUT2D eigenvalue weighted by Gasteiger charge is 2.46. The van der Waals surface area contributed by atoms with Crippen molar-refractivity contribution in [2.45, 2.75) is 51.4 Å². The Kier molecular flexibility index (Phi) is 4.52. The molecule has 0 unspecified atom stereocenters. The van der Waals surface area contributed by atoms with Crippen LogP contribution in [0.3, 0.4) is 0 Å². The number of rotatable bonds is 2. The molecule has 1 aromatic heterocycles. The molecule has 26 heavy (non-hydrogen) atoms. The zero-order valence-electron chi connectivity index (χ0n) is 14.8. The van der Waals surface area contributed by atoms with Crippen molar-refractivity contribution in [3.63, 3.8) is 0 Å². The number of aromatic nitrogens is 2. The summed E-state index contributed by atoms with van der Waals surface area (Å²) in [6.07, 6.45) is 6.96. The molecule has 1 fully saturated rings. The molecule has 0 saturated heterocycles. The Morgan fingerprint density at radius 3 is 2.54 bits per heavy atom. The second-order valence-electron chi connectivity index (χ2n) is 7.48. The summed E-state index contributed by atoms with van der Waals surface area (Å²) in [5.41, 5.74) is 3.48. The van der Waals surface area contributed by atoms with Gasteiger partial charge < -0.3 is 0 Å². The lowest BCUT2D eigenvalue weighted by molar-refractivity contribution is 0.376. The van der Waals surface area contributed by atoms with Crippen LogP contribution >= 0.6 is 23.2 Å². The molecule has 1 saturated carbocycles. The third kappa shape index (κ3) is 2.74. The second-order valence-corrected chi connectivity index (χ2v) is 8.23. The second kappa shape index (κ2) is 6.58. The van der Waals surface area contributed by atoms with Gasteiger partial charge in [0.1, 0.15) is 11.5 Å². The van der Waals surface area contributed by atoms with Crippen molar-refractivity contribution in [1.82, 2.24) is 9.97 Å². The summed E-state index contributed by atoms with van der Waals surface area (Å²) in [4.78, 5) is 12.9. The first-order valence-corrected chi connectivity index (χ1v) is 9.79. The van der Waals surface area contributed by atoms with Crippen molar-refractivity contribution in [2.24, 2.45) is 10.9 Å². The standard InChI is InChI=1S/C20H20Cl2FN3/c1-11(2)18-20(6-4-3-5-7-20)13-8-12(9-15(23)17(13)25-18)16-14(21)10-24-19(22)26-16/h8-11H,3-7H2,1-2H3. The van der Waals surface area contributed by atoms with Crippen molar-refractivity contribution in [3.05, 3.63) is 40.0 Å². The van der Waals surface area contributed by atoms with Gasteiger partial charge in [0.05, 0.1) is 16.9 Å². The van der Waals surface area contributed by atoms with Gasteiger partial charge in [-0.15, -0.1) is 0 Å². The predicted octanol–water partition coefficient (Wildman–Crippen LogP) is 6.53. The maximum atomic E-state index is 15.0. The first-order valence-electron chi connectivity index (χ1n) is 9.04. The van der Waals surface area contributed by atoms with Crippen LogP contribution in [0.2, 0.25) is 10.3 Å². The third-order valence-electron chi connectivity index (χ3n) is 5.54. The predicted molar refractivity (Wildman–Crippen MR) is 104 cm³/mol. The van der Waals surface area contributed by atoms with Crippen molar-refractivity contribution in [3.8, 4) is 11.3 Å². The van der Waals surface area contributed by atoms with Crippen LogP contribution in [-0.2, 0) is 5.41 Å². The molecule has 0 radical (unpaired) electrons. The van der Waals surface area contributed by atoms with Crippen LogP contribution in [0, 0.1) is 11.7 Å². The van der Waals surface area contributed by atoms with Crippen LogP contribution in [0.4, 0.5) is 10.1 Å². The Hall–Kier alpha value is -1.52. The van der Waals surface area contributed by atoms with Gasteiger partial charge in [0, 0.05) is 16.7 Å². The zero-order valence-corrected chi connectivity index (χ0v) is 16.3. The van der Waals surface area contributed by atoms with E-state index in [0.717, 1.165) is 37.0 Å². The van der Waals surface area contributed by atoms with Crippen LogP contribution in [0.1, 0.15) is 51.5 Å². The molecule has 1 aromatic carbocycles. The van der Waals surface area contributed by atoms with E-state index < -0.39 is 0 Å². The number of benzene rings is 1. The molecule has 6 heteroatoms. The normalized spacial score (nSPS) is 18.3. The summed E-state index contributed by atoms with van der Waals surface area (Å²) in [5, 5.41) is 0.450. The first kappa shape index (κ1) is 17.9. The fraction of sp³-hybridized carbons (Fsp3) is 0.450. The number of hydrogen-bond donors (Lipinski definition) is 0. The molecule has 1 aliphatic heterocycles. The van der Waals surface area contributed by atoms with Gasteiger partial charge in [-0.05, 0) is 48.1 Å². The van der Waals surface area contributed by atoms with E-state index in [-0.39, 0.29) is 22.4 Å². The zero-order chi connectivity index (χ0) is 18.5. The summed E-state index contributed by atoms with van der Waals surface area (Å²) in [5.74, 6) is -0.0515. The molecule has 0 atom stereocenters. The topological polar surface area (TPSA) is 38.1 Å². The SMILES string of the molecule is CC(C)C1=Nc2c(F)cc(-c3nc(Cl)ncc3Cl)cc2C12CCCCC2. The van der Waals surface area contributed by atoms with Gasteiger partial charge in [-0.2, -0.15) is 0 Å². The Morgan fingerprint density at radius 1 is 1.12 bits per heavy atom. The molecule has 1 spiro atoms. The lowest BCUT2D eigenvalue weighted by Gasteiger charge is -2.37. The summed E-state index contributed by atoms with van der Waals surface area (Å²) < 4.78 is 15.0. The van der Waals surface area contributed by atoms with Gasteiger partial charge in [-0.3, -0.25) is 4.99 Å². The van der Waals surface area contributed by atoms with E-state index in [4.69, 9.17) is 28.2 Å². The summed E-state index contributed by atoms with van der Waals surface area (Å²) in [6, 6.07) is 3.46. The van der Waals surface area contributed by atoms with Crippen molar-refractivity contribution in [2.75, 3.05) is 0 Å². The van der Waals surface area contributed by atoms with E-state index in [9.17, 15) is 0 Å². The first-order chi connectivity index (χ1) is 12.4. The third-order valence-corrected chi connectivity index (χ3v) is 6.00. The largest absolute Gasteiger partial charge is 0.253 e. The van der Waals surface area contributed by atoms with E-state index in [1.807, 2.05) is 6.07 Å². The van der Waals surface area contributed by atoms with Gasteiger partial charge >= 0.3 is 0 Å². The van der Waals surface area contributed by atoms with Crippen molar-refractivity contribution >= 4 is 34.6 Å². The van der Waals surface area contributed by atoms with Crippen molar-refractivity contribution in [1.29, 1.82) is 0 Å². The quantitative estimate of drug-likeness (QED) is 0.545. The van der Waals surface area contributed by atoms with Gasteiger partial charge in [-0.1, -0.05) is 44.7 Å². The monoisotopic (exact) mass is 391 g/mol. The number of hydrogen-bond acceptors (Lipinski definition) is 3. The molecule has 3 nitrogen and oxygen atoms in total. The van der Waals surface area contributed by atoms with Gasteiger partial charge in [0.15, 0.2) is 0 Å². The summed E-state index contributed by atoms with van der Waals surface area (Å²) >= 11 is 12.2. The van der Waals surface area contributed by atoms with Crippen LogP contribution in [0.5, 0.6) is 0 Å². The molecular weight excluding hydrogens is 372 g/mol. The number of nitrogens with zero attached hydrogens (tertiary/aromatic N) is 3. The van der Waals surface area contributed by atoms with Crippen molar-refractivity contribution < 1.29 is 4.39 Å². The smallest absolute Gasteiger partial charge is 0.222 e. The van der Waals surface area contributed by atoms with Gasteiger partial charge in [-0.25, -0.2) is 14.4 Å². The maximum absolute atomic E-state index is 15.0. The number of fused-ring (bicyclic) bond motifs is 2. The van der Waals surface area contributed by atoms with Gasteiger partial charge in [0.2, 0.25) is 5.28 Å².